The summed E-state index contributed by atoms with van der Waals surface area (Å²) in [6, 6.07) is 3.60. The van der Waals surface area contributed by atoms with Gasteiger partial charge in [-0.3, -0.25) is 9.69 Å². The van der Waals surface area contributed by atoms with E-state index in [0.29, 0.717) is 32.8 Å². The van der Waals surface area contributed by atoms with Gasteiger partial charge in [0.2, 0.25) is 0 Å². The van der Waals surface area contributed by atoms with Crippen molar-refractivity contribution in [2.75, 3.05) is 20.3 Å². The van der Waals surface area contributed by atoms with Gasteiger partial charge >= 0.3 is 0 Å². The van der Waals surface area contributed by atoms with Crippen LogP contribution in [0.4, 0.5) is 0 Å². The zero-order valence-electron chi connectivity index (χ0n) is 12.9. The maximum Gasteiger partial charge on any atom is 0.266 e. The van der Waals surface area contributed by atoms with Crippen molar-refractivity contribution < 1.29 is 14.3 Å². The number of ether oxygens (including phenoxy) is 2. The van der Waals surface area contributed by atoms with E-state index < -0.39 is 0 Å². The second kappa shape index (κ2) is 8.38. The number of halogens is 1. The van der Waals surface area contributed by atoms with Crippen LogP contribution in [0.25, 0.3) is 6.08 Å². The molecule has 0 N–H and O–H groups in total. The van der Waals surface area contributed by atoms with E-state index in [-0.39, 0.29) is 12.5 Å². The molecule has 0 aliphatic carbocycles. The van der Waals surface area contributed by atoms with Crippen LogP contribution in [-0.2, 0) is 4.79 Å². The Morgan fingerprint density at radius 3 is 2.92 bits per heavy atom. The number of benzene rings is 1. The normalized spacial score (nSPS) is 15.5. The maximum atomic E-state index is 12.5. The monoisotopic (exact) mass is 423 g/mol. The van der Waals surface area contributed by atoms with Crippen molar-refractivity contribution >= 4 is 56.2 Å². The summed E-state index contributed by atoms with van der Waals surface area (Å²) in [7, 11) is 1.54. The predicted octanol–water partition coefficient (Wildman–Crippen LogP) is 3.86. The van der Waals surface area contributed by atoms with Crippen LogP contribution < -0.4 is 9.47 Å². The summed E-state index contributed by atoms with van der Waals surface area (Å²) in [5, 5.41) is 0. The molecule has 7 heteroatoms. The number of carbonyl (C=O) groups is 1. The molecule has 1 aromatic rings. The number of thiocarbonyl (C=S) groups is 1. The molecule has 4 nitrogen and oxygen atoms in total. The molecular weight excluding hydrogens is 410 g/mol. The SMILES string of the molecule is C#CCOc1c(/C=C2\SC(=S)N(CC=C)C2=O)cc(Br)cc1OC. The number of hydrogen-bond acceptors (Lipinski definition) is 5. The van der Waals surface area contributed by atoms with Crippen molar-refractivity contribution in [3.05, 3.63) is 39.7 Å². The first-order valence-electron chi connectivity index (χ1n) is 6.81. The van der Waals surface area contributed by atoms with E-state index in [0.717, 1.165) is 4.47 Å². The van der Waals surface area contributed by atoms with Crippen LogP contribution in [0.5, 0.6) is 11.5 Å². The van der Waals surface area contributed by atoms with Crippen LogP contribution in [0.3, 0.4) is 0 Å². The van der Waals surface area contributed by atoms with Gasteiger partial charge in [0.05, 0.1) is 12.0 Å². The van der Waals surface area contributed by atoms with Crippen molar-refractivity contribution in [1.29, 1.82) is 0 Å². The molecule has 1 heterocycles. The number of thioether (sulfide) groups is 1. The number of nitrogens with zero attached hydrogens (tertiary/aromatic N) is 1. The minimum absolute atomic E-state index is 0.0935. The molecule has 0 aromatic heterocycles. The molecule has 0 atom stereocenters. The fourth-order valence-corrected chi connectivity index (χ4v) is 3.76. The predicted molar refractivity (Wildman–Crippen MR) is 105 cm³/mol. The standard InChI is InChI=1S/C17H14BrNO3S2/c1-4-6-19-16(20)14(24-17(19)23)9-11-8-12(18)10-13(21-3)15(11)22-7-5-2/h2,4,8-10H,1,6-7H2,3H3/b14-9-. The van der Waals surface area contributed by atoms with E-state index in [1.807, 2.05) is 6.07 Å². The number of hydrogen-bond donors (Lipinski definition) is 0. The van der Waals surface area contributed by atoms with E-state index in [1.165, 1.54) is 23.8 Å². The molecule has 1 aliphatic heterocycles. The Hall–Kier alpha value is -1.75. The number of methoxy groups -OCH3 is 1. The van der Waals surface area contributed by atoms with E-state index >= 15 is 0 Å². The zero-order valence-corrected chi connectivity index (χ0v) is 16.1. The molecule has 1 aliphatic rings. The highest BCUT2D eigenvalue weighted by molar-refractivity contribution is 9.10. The first kappa shape index (κ1) is 18.6. The van der Waals surface area contributed by atoms with E-state index in [1.54, 1.807) is 18.2 Å². The fourth-order valence-electron chi connectivity index (χ4n) is 2.04. The molecule has 24 heavy (non-hydrogen) atoms. The number of rotatable bonds is 6. The smallest absolute Gasteiger partial charge is 0.266 e. The van der Waals surface area contributed by atoms with Crippen molar-refractivity contribution in [2.45, 2.75) is 0 Å². The Kier molecular flexibility index (Phi) is 6.49. The van der Waals surface area contributed by atoms with Gasteiger partial charge in [-0.25, -0.2) is 0 Å². The van der Waals surface area contributed by atoms with E-state index in [9.17, 15) is 4.79 Å². The second-order valence-corrected chi connectivity index (χ2v) is 7.19. The summed E-state index contributed by atoms with van der Waals surface area (Å²) in [6.45, 7) is 4.11. The fraction of sp³-hybridized carbons (Fsp3) is 0.176. The van der Waals surface area contributed by atoms with Crippen molar-refractivity contribution in [1.82, 2.24) is 4.90 Å². The lowest BCUT2D eigenvalue weighted by Crippen LogP contribution is -2.27. The van der Waals surface area contributed by atoms with E-state index in [4.69, 9.17) is 28.1 Å². The Morgan fingerprint density at radius 2 is 2.29 bits per heavy atom. The summed E-state index contributed by atoms with van der Waals surface area (Å²) < 4.78 is 12.2. The minimum atomic E-state index is -0.160. The number of carbonyl (C=O) groups excluding carboxylic acids is 1. The van der Waals surface area contributed by atoms with Crippen molar-refractivity contribution in [2.24, 2.45) is 0 Å². The molecule has 2 rings (SSSR count). The third-order valence-electron chi connectivity index (χ3n) is 3.04. The molecule has 1 saturated heterocycles. The highest BCUT2D eigenvalue weighted by Gasteiger charge is 2.31. The van der Waals surface area contributed by atoms with Gasteiger partial charge in [-0.05, 0) is 18.2 Å². The molecule has 0 radical (unpaired) electrons. The zero-order chi connectivity index (χ0) is 17.7. The van der Waals surface area contributed by atoms with Crippen LogP contribution in [0.15, 0.2) is 34.2 Å². The van der Waals surface area contributed by atoms with Gasteiger partial charge in [-0.2, -0.15) is 0 Å². The van der Waals surface area contributed by atoms with Crippen LogP contribution >= 0.6 is 39.9 Å². The average Bonchev–Trinajstić information content (AvgIpc) is 2.81. The highest BCUT2D eigenvalue weighted by atomic mass is 79.9. The summed E-state index contributed by atoms with van der Waals surface area (Å²) in [5.74, 6) is 3.26. The molecule has 124 valence electrons. The van der Waals surface area contributed by atoms with Gasteiger partial charge in [0.25, 0.3) is 5.91 Å². The molecule has 0 bridgehead atoms. The lowest BCUT2D eigenvalue weighted by Gasteiger charge is -2.13. The largest absolute Gasteiger partial charge is 0.493 e. The van der Waals surface area contributed by atoms with Gasteiger partial charge in [-0.1, -0.05) is 51.9 Å². The quantitative estimate of drug-likeness (QED) is 0.300. The molecule has 1 aromatic carbocycles. The molecule has 0 unspecified atom stereocenters. The number of terminal acetylenes is 1. The van der Waals surface area contributed by atoms with Crippen LogP contribution in [0.1, 0.15) is 5.56 Å². The Morgan fingerprint density at radius 1 is 1.54 bits per heavy atom. The lowest BCUT2D eigenvalue weighted by atomic mass is 10.1. The second-order valence-electron chi connectivity index (χ2n) is 4.60. The molecule has 1 fully saturated rings. The minimum Gasteiger partial charge on any atom is -0.493 e. The Bertz CT molecular complexity index is 768. The molecule has 0 saturated carbocycles. The van der Waals surface area contributed by atoms with Crippen molar-refractivity contribution in [3.63, 3.8) is 0 Å². The number of amides is 1. The Balaban J connectivity index is 2.46. The van der Waals surface area contributed by atoms with Crippen LogP contribution in [0.2, 0.25) is 0 Å². The van der Waals surface area contributed by atoms with Gasteiger partial charge < -0.3 is 9.47 Å². The first-order chi connectivity index (χ1) is 11.5. The van der Waals surface area contributed by atoms with Crippen LogP contribution in [0, 0.1) is 12.3 Å². The highest BCUT2D eigenvalue weighted by Crippen LogP contribution is 2.39. The molecule has 0 spiro atoms. The third-order valence-corrected chi connectivity index (χ3v) is 4.88. The van der Waals surface area contributed by atoms with Gasteiger partial charge in [0.1, 0.15) is 10.9 Å². The third kappa shape index (κ3) is 4.01. The summed E-state index contributed by atoms with van der Waals surface area (Å²) in [5.41, 5.74) is 0.676. The van der Waals surface area contributed by atoms with Crippen molar-refractivity contribution in [3.8, 4) is 23.8 Å². The Labute approximate surface area is 159 Å². The summed E-state index contributed by atoms with van der Waals surface area (Å²) in [6.07, 6.45) is 8.63. The average molecular weight is 424 g/mol. The lowest BCUT2D eigenvalue weighted by molar-refractivity contribution is -0.121. The summed E-state index contributed by atoms with van der Waals surface area (Å²) in [4.78, 5) is 14.5. The molecular formula is C17H14BrNO3S2. The van der Waals surface area contributed by atoms with Crippen LogP contribution in [-0.4, -0.2) is 35.4 Å². The topological polar surface area (TPSA) is 38.8 Å². The van der Waals surface area contributed by atoms with Gasteiger partial charge in [0, 0.05) is 16.6 Å². The summed E-state index contributed by atoms with van der Waals surface area (Å²) >= 11 is 9.90. The van der Waals surface area contributed by atoms with E-state index in [2.05, 4.69) is 28.4 Å². The van der Waals surface area contributed by atoms with Gasteiger partial charge in [0.15, 0.2) is 11.5 Å². The first-order valence-corrected chi connectivity index (χ1v) is 8.83. The maximum absolute atomic E-state index is 12.5. The molecule has 1 amide bonds. The van der Waals surface area contributed by atoms with Gasteiger partial charge in [-0.15, -0.1) is 13.0 Å².